The highest BCUT2D eigenvalue weighted by atomic mass is 14.7. The molecule has 0 spiro atoms. The summed E-state index contributed by atoms with van der Waals surface area (Å²) in [5.74, 6) is 0.919. The van der Waals surface area contributed by atoms with Gasteiger partial charge in [0.1, 0.15) is 0 Å². The number of aromatic nitrogens is 2. The Kier molecular flexibility index (Phi) is 4.31. The van der Waals surface area contributed by atoms with E-state index in [0.717, 1.165) is 17.8 Å². The van der Waals surface area contributed by atoms with Crippen LogP contribution >= 0.6 is 0 Å². The standard InChI is InChI=1S/C17H22N2/c1-12(2)16-9-5-8-15(19-16)11-14-7-6-10-18-17(14)13(3)4/h5-10,12-13H,11H2,1-4H3. The van der Waals surface area contributed by atoms with Crippen molar-refractivity contribution in [3.05, 3.63) is 59.2 Å². The molecule has 0 aliphatic carbocycles. The highest BCUT2D eigenvalue weighted by Crippen LogP contribution is 2.20. The zero-order valence-electron chi connectivity index (χ0n) is 12.2. The summed E-state index contributed by atoms with van der Waals surface area (Å²) in [5, 5.41) is 0. The van der Waals surface area contributed by atoms with Crippen molar-refractivity contribution >= 4 is 0 Å². The van der Waals surface area contributed by atoms with Crippen LogP contribution in [0.4, 0.5) is 0 Å². The summed E-state index contributed by atoms with van der Waals surface area (Å²) in [6, 6.07) is 10.5. The molecular weight excluding hydrogens is 232 g/mol. The molecule has 0 aliphatic heterocycles. The van der Waals surface area contributed by atoms with Gasteiger partial charge in [-0.1, -0.05) is 39.8 Å². The summed E-state index contributed by atoms with van der Waals surface area (Å²) in [4.78, 5) is 9.24. The summed E-state index contributed by atoms with van der Waals surface area (Å²) in [7, 11) is 0. The fourth-order valence-electron chi connectivity index (χ4n) is 2.23. The van der Waals surface area contributed by atoms with E-state index in [1.165, 1.54) is 11.3 Å². The lowest BCUT2D eigenvalue weighted by atomic mass is 9.99. The largest absolute Gasteiger partial charge is 0.261 e. The third-order valence-corrected chi connectivity index (χ3v) is 3.26. The van der Waals surface area contributed by atoms with E-state index in [4.69, 9.17) is 4.98 Å². The Balaban J connectivity index is 2.29. The van der Waals surface area contributed by atoms with Crippen molar-refractivity contribution in [1.82, 2.24) is 9.97 Å². The third-order valence-electron chi connectivity index (χ3n) is 3.26. The summed E-state index contributed by atoms with van der Waals surface area (Å²) in [6.07, 6.45) is 2.73. The number of hydrogen-bond acceptors (Lipinski definition) is 2. The van der Waals surface area contributed by atoms with Gasteiger partial charge in [-0.15, -0.1) is 0 Å². The maximum absolute atomic E-state index is 4.74. The van der Waals surface area contributed by atoms with E-state index >= 15 is 0 Å². The molecule has 2 nitrogen and oxygen atoms in total. The van der Waals surface area contributed by atoms with E-state index in [1.807, 2.05) is 12.3 Å². The van der Waals surface area contributed by atoms with Gasteiger partial charge in [-0.25, -0.2) is 0 Å². The fraction of sp³-hybridized carbons (Fsp3) is 0.412. The zero-order valence-corrected chi connectivity index (χ0v) is 12.2. The van der Waals surface area contributed by atoms with Gasteiger partial charge in [0, 0.05) is 29.7 Å². The lowest BCUT2D eigenvalue weighted by Crippen LogP contribution is -2.03. The molecule has 0 aromatic carbocycles. The van der Waals surface area contributed by atoms with Gasteiger partial charge in [-0.05, 0) is 35.6 Å². The molecule has 0 unspecified atom stereocenters. The van der Waals surface area contributed by atoms with Crippen molar-refractivity contribution in [2.75, 3.05) is 0 Å². The molecule has 2 aromatic heterocycles. The number of rotatable bonds is 4. The SMILES string of the molecule is CC(C)c1cccc(Cc2cccnc2C(C)C)n1. The van der Waals surface area contributed by atoms with Gasteiger partial charge in [0.2, 0.25) is 0 Å². The van der Waals surface area contributed by atoms with Gasteiger partial charge in [0.15, 0.2) is 0 Å². The Labute approximate surface area is 115 Å². The molecule has 2 heteroatoms. The Morgan fingerprint density at radius 3 is 2.42 bits per heavy atom. The van der Waals surface area contributed by atoms with Crippen LogP contribution in [0.25, 0.3) is 0 Å². The monoisotopic (exact) mass is 254 g/mol. The second-order valence-corrected chi connectivity index (χ2v) is 5.59. The number of pyridine rings is 2. The summed E-state index contributed by atoms with van der Waals surface area (Å²) < 4.78 is 0. The van der Waals surface area contributed by atoms with Gasteiger partial charge < -0.3 is 0 Å². The van der Waals surface area contributed by atoms with E-state index < -0.39 is 0 Å². The Morgan fingerprint density at radius 1 is 0.947 bits per heavy atom. The average Bonchev–Trinajstić information content (AvgIpc) is 2.39. The van der Waals surface area contributed by atoms with Crippen LogP contribution in [-0.4, -0.2) is 9.97 Å². The first-order valence-corrected chi connectivity index (χ1v) is 6.97. The van der Waals surface area contributed by atoms with Crippen LogP contribution in [0.5, 0.6) is 0 Å². The summed E-state index contributed by atoms with van der Waals surface area (Å²) in [6.45, 7) is 8.72. The molecule has 0 bridgehead atoms. The first-order valence-electron chi connectivity index (χ1n) is 6.97. The first-order chi connectivity index (χ1) is 9.08. The maximum Gasteiger partial charge on any atom is 0.0464 e. The van der Waals surface area contributed by atoms with Crippen LogP contribution in [0, 0.1) is 0 Å². The number of nitrogens with zero attached hydrogens (tertiary/aromatic N) is 2. The molecule has 0 aliphatic rings. The second-order valence-electron chi connectivity index (χ2n) is 5.59. The van der Waals surface area contributed by atoms with Gasteiger partial charge in [-0.3, -0.25) is 9.97 Å². The van der Waals surface area contributed by atoms with Crippen LogP contribution in [0.2, 0.25) is 0 Å². The second kappa shape index (κ2) is 5.96. The highest BCUT2D eigenvalue weighted by Gasteiger charge is 2.09. The molecule has 100 valence electrons. The maximum atomic E-state index is 4.74. The molecule has 0 atom stereocenters. The molecular formula is C17H22N2. The van der Waals surface area contributed by atoms with Crippen molar-refractivity contribution in [2.24, 2.45) is 0 Å². The van der Waals surface area contributed by atoms with Crippen LogP contribution < -0.4 is 0 Å². The van der Waals surface area contributed by atoms with Crippen molar-refractivity contribution < 1.29 is 0 Å². The molecule has 0 saturated heterocycles. The molecule has 2 rings (SSSR count). The third kappa shape index (κ3) is 3.40. The molecule has 0 fully saturated rings. The van der Waals surface area contributed by atoms with Crippen molar-refractivity contribution in [1.29, 1.82) is 0 Å². The highest BCUT2D eigenvalue weighted by molar-refractivity contribution is 5.28. The molecule has 19 heavy (non-hydrogen) atoms. The van der Waals surface area contributed by atoms with E-state index in [9.17, 15) is 0 Å². The van der Waals surface area contributed by atoms with E-state index in [-0.39, 0.29) is 0 Å². The zero-order chi connectivity index (χ0) is 13.8. The van der Waals surface area contributed by atoms with Gasteiger partial charge >= 0.3 is 0 Å². The predicted molar refractivity (Wildman–Crippen MR) is 79.5 cm³/mol. The summed E-state index contributed by atoms with van der Waals surface area (Å²) in [5.41, 5.74) is 4.75. The van der Waals surface area contributed by atoms with E-state index in [2.05, 4.69) is 56.9 Å². The molecule has 0 N–H and O–H groups in total. The number of hydrogen-bond donors (Lipinski definition) is 0. The Morgan fingerprint density at radius 2 is 1.74 bits per heavy atom. The molecule has 0 radical (unpaired) electrons. The predicted octanol–water partition coefficient (Wildman–Crippen LogP) is 4.31. The fourth-order valence-corrected chi connectivity index (χ4v) is 2.23. The topological polar surface area (TPSA) is 25.8 Å². The molecule has 0 amide bonds. The van der Waals surface area contributed by atoms with E-state index in [1.54, 1.807) is 0 Å². The van der Waals surface area contributed by atoms with Gasteiger partial charge in [0.25, 0.3) is 0 Å². The van der Waals surface area contributed by atoms with Crippen molar-refractivity contribution in [3.63, 3.8) is 0 Å². The molecule has 2 aromatic rings. The van der Waals surface area contributed by atoms with Gasteiger partial charge in [-0.2, -0.15) is 0 Å². The van der Waals surface area contributed by atoms with Crippen LogP contribution in [0.1, 0.15) is 62.2 Å². The normalized spacial score (nSPS) is 11.3. The average molecular weight is 254 g/mol. The lowest BCUT2D eigenvalue weighted by molar-refractivity contribution is 0.789. The van der Waals surface area contributed by atoms with Gasteiger partial charge in [0.05, 0.1) is 0 Å². The van der Waals surface area contributed by atoms with Crippen LogP contribution in [0.3, 0.4) is 0 Å². The van der Waals surface area contributed by atoms with Crippen LogP contribution in [0.15, 0.2) is 36.5 Å². The lowest BCUT2D eigenvalue weighted by Gasteiger charge is -2.12. The quantitative estimate of drug-likeness (QED) is 0.812. The smallest absolute Gasteiger partial charge is 0.0464 e. The minimum atomic E-state index is 0.449. The van der Waals surface area contributed by atoms with E-state index in [0.29, 0.717) is 11.8 Å². The molecule has 2 heterocycles. The van der Waals surface area contributed by atoms with Crippen molar-refractivity contribution in [3.8, 4) is 0 Å². The van der Waals surface area contributed by atoms with Crippen LogP contribution in [-0.2, 0) is 6.42 Å². The minimum Gasteiger partial charge on any atom is -0.261 e. The minimum absolute atomic E-state index is 0.449. The Hall–Kier alpha value is -1.70. The molecule has 0 saturated carbocycles. The first kappa shape index (κ1) is 13.7. The van der Waals surface area contributed by atoms with Crippen molar-refractivity contribution in [2.45, 2.75) is 46.0 Å². The Bertz CT molecular complexity index is 544. The summed E-state index contributed by atoms with van der Waals surface area (Å²) >= 11 is 0.